The van der Waals surface area contributed by atoms with Crippen LogP contribution in [-0.4, -0.2) is 49.7 Å². The lowest BCUT2D eigenvalue weighted by Gasteiger charge is -2.31. The van der Waals surface area contributed by atoms with Crippen LogP contribution in [0.25, 0.3) is 0 Å². The van der Waals surface area contributed by atoms with E-state index in [1.165, 1.54) is 0 Å². The molecule has 1 unspecified atom stereocenters. The molecule has 19 heavy (non-hydrogen) atoms. The molecule has 3 N–H and O–H groups in total. The van der Waals surface area contributed by atoms with Crippen LogP contribution in [0.4, 0.5) is 5.69 Å². The van der Waals surface area contributed by atoms with E-state index in [2.05, 4.69) is 10.2 Å². The van der Waals surface area contributed by atoms with E-state index in [4.69, 9.17) is 10.5 Å². The molecule has 1 aromatic rings. The first-order valence-electron chi connectivity index (χ1n) is 6.17. The number of anilines is 1. The molecular formula is C13H20ClN3O2. The fourth-order valence-electron chi connectivity index (χ4n) is 1.99. The molecule has 0 spiro atoms. The van der Waals surface area contributed by atoms with Gasteiger partial charge in [0.25, 0.3) is 0 Å². The van der Waals surface area contributed by atoms with Crippen molar-refractivity contribution in [1.29, 1.82) is 0 Å². The minimum absolute atomic E-state index is 0. The van der Waals surface area contributed by atoms with Gasteiger partial charge in [0, 0.05) is 25.3 Å². The van der Waals surface area contributed by atoms with Gasteiger partial charge in [-0.15, -0.1) is 12.4 Å². The second kappa shape index (κ2) is 8.12. The Balaban J connectivity index is 0.00000180. The highest BCUT2D eigenvalue weighted by Crippen LogP contribution is 2.07. The highest BCUT2D eigenvalue weighted by atomic mass is 35.5. The number of hydrogen-bond donors (Lipinski definition) is 2. The third-order valence-electron chi connectivity index (χ3n) is 2.91. The average molecular weight is 286 g/mol. The number of nitrogens with one attached hydrogen (secondary N) is 1. The van der Waals surface area contributed by atoms with Gasteiger partial charge >= 0.3 is 0 Å². The first kappa shape index (κ1) is 15.9. The number of nitrogens with zero attached hydrogens (tertiary/aromatic N) is 1. The van der Waals surface area contributed by atoms with Gasteiger partial charge in [0.1, 0.15) is 0 Å². The standard InChI is InChI=1S/C13H19N3O2.ClH/c14-8-12-9-16(6-7-18-12)10-13(17)15-11-4-2-1-3-5-11;/h1-5,12H,6-10,14H2,(H,15,17);1H. The number of carbonyl (C=O) groups excluding carboxylic acids is 1. The number of rotatable bonds is 4. The van der Waals surface area contributed by atoms with E-state index in [1.807, 2.05) is 30.3 Å². The third kappa shape index (κ3) is 5.16. The summed E-state index contributed by atoms with van der Waals surface area (Å²) in [5.41, 5.74) is 6.39. The lowest BCUT2D eigenvalue weighted by molar-refractivity contribution is -0.119. The van der Waals surface area contributed by atoms with Crippen LogP contribution in [0.15, 0.2) is 30.3 Å². The summed E-state index contributed by atoms with van der Waals surface area (Å²) in [7, 11) is 0. The lowest BCUT2D eigenvalue weighted by Crippen LogP contribution is -2.48. The summed E-state index contributed by atoms with van der Waals surface area (Å²) in [6, 6.07) is 9.47. The molecule has 0 aromatic heterocycles. The van der Waals surface area contributed by atoms with E-state index in [1.54, 1.807) is 0 Å². The molecule has 0 bridgehead atoms. The normalized spacial score (nSPS) is 19.5. The molecule has 1 fully saturated rings. The summed E-state index contributed by atoms with van der Waals surface area (Å²) < 4.78 is 5.46. The zero-order chi connectivity index (χ0) is 12.8. The largest absolute Gasteiger partial charge is 0.374 e. The number of amides is 1. The van der Waals surface area contributed by atoms with E-state index < -0.39 is 0 Å². The molecule has 1 aliphatic heterocycles. The SMILES string of the molecule is Cl.NCC1CN(CC(=O)Nc2ccccc2)CCO1. The number of benzene rings is 1. The van der Waals surface area contributed by atoms with Crippen LogP contribution in [-0.2, 0) is 9.53 Å². The molecule has 106 valence electrons. The van der Waals surface area contributed by atoms with Crippen molar-refractivity contribution in [3.05, 3.63) is 30.3 Å². The predicted molar refractivity (Wildman–Crippen MR) is 77.6 cm³/mol. The molecule has 0 aliphatic carbocycles. The molecule has 1 aromatic carbocycles. The van der Waals surface area contributed by atoms with Crippen LogP contribution in [0.2, 0.25) is 0 Å². The summed E-state index contributed by atoms with van der Waals surface area (Å²) >= 11 is 0. The minimum Gasteiger partial charge on any atom is -0.374 e. The molecule has 1 atom stereocenters. The fourth-order valence-corrected chi connectivity index (χ4v) is 1.99. The number of morpholine rings is 1. The van der Waals surface area contributed by atoms with Gasteiger partial charge in [0.2, 0.25) is 5.91 Å². The molecule has 1 amide bonds. The van der Waals surface area contributed by atoms with Crippen molar-refractivity contribution in [2.45, 2.75) is 6.10 Å². The Labute approximate surface area is 119 Å². The maximum absolute atomic E-state index is 11.9. The maximum atomic E-state index is 11.9. The first-order chi connectivity index (χ1) is 8.78. The zero-order valence-electron chi connectivity index (χ0n) is 10.7. The van der Waals surface area contributed by atoms with Crippen molar-refractivity contribution in [2.75, 3.05) is 38.1 Å². The quantitative estimate of drug-likeness (QED) is 0.855. The van der Waals surface area contributed by atoms with Crippen LogP contribution >= 0.6 is 12.4 Å². The summed E-state index contributed by atoms with van der Waals surface area (Å²) in [5.74, 6) is -0.00104. The maximum Gasteiger partial charge on any atom is 0.238 e. The Bertz CT molecular complexity index is 389. The Morgan fingerprint density at radius 1 is 1.42 bits per heavy atom. The average Bonchev–Trinajstić information content (AvgIpc) is 2.40. The zero-order valence-corrected chi connectivity index (χ0v) is 11.6. The lowest BCUT2D eigenvalue weighted by atomic mass is 10.2. The first-order valence-corrected chi connectivity index (χ1v) is 6.17. The molecular weight excluding hydrogens is 266 g/mol. The Hall–Kier alpha value is -1.14. The Morgan fingerprint density at radius 3 is 2.84 bits per heavy atom. The van der Waals surface area contributed by atoms with Crippen LogP contribution in [0, 0.1) is 0 Å². The van der Waals surface area contributed by atoms with E-state index >= 15 is 0 Å². The summed E-state index contributed by atoms with van der Waals surface area (Å²) in [6.07, 6.45) is 0.0447. The molecule has 6 heteroatoms. The van der Waals surface area contributed by atoms with Crippen molar-refractivity contribution < 1.29 is 9.53 Å². The summed E-state index contributed by atoms with van der Waals surface area (Å²) in [4.78, 5) is 13.9. The van der Waals surface area contributed by atoms with E-state index in [0.717, 1.165) is 18.8 Å². The highest BCUT2D eigenvalue weighted by molar-refractivity contribution is 5.92. The number of ether oxygens (including phenoxy) is 1. The number of carbonyl (C=O) groups is 1. The van der Waals surface area contributed by atoms with Crippen LogP contribution < -0.4 is 11.1 Å². The van der Waals surface area contributed by atoms with Crippen molar-refractivity contribution in [3.8, 4) is 0 Å². The minimum atomic E-state index is -0.00104. The van der Waals surface area contributed by atoms with Gasteiger partial charge in [-0.3, -0.25) is 9.69 Å². The molecule has 5 nitrogen and oxygen atoms in total. The monoisotopic (exact) mass is 285 g/mol. The molecule has 1 saturated heterocycles. The summed E-state index contributed by atoms with van der Waals surface area (Å²) in [5, 5.41) is 2.87. The Morgan fingerprint density at radius 2 is 2.16 bits per heavy atom. The number of nitrogens with two attached hydrogens (primary N) is 1. The van der Waals surface area contributed by atoms with Crippen LogP contribution in [0.1, 0.15) is 0 Å². The second-order valence-corrected chi connectivity index (χ2v) is 4.38. The van der Waals surface area contributed by atoms with Crippen LogP contribution in [0.3, 0.4) is 0 Å². The van der Waals surface area contributed by atoms with Gasteiger partial charge in [-0.05, 0) is 12.1 Å². The predicted octanol–water partition coefficient (Wildman–Crippen LogP) is 0.706. The van der Waals surface area contributed by atoms with E-state index in [0.29, 0.717) is 19.7 Å². The van der Waals surface area contributed by atoms with E-state index in [-0.39, 0.29) is 24.4 Å². The van der Waals surface area contributed by atoms with Crippen LogP contribution in [0.5, 0.6) is 0 Å². The Kier molecular flexibility index (Phi) is 6.80. The summed E-state index contributed by atoms with van der Waals surface area (Å²) in [6.45, 7) is 3.02. The van der Waals surface area contributed by atoms with Gasteiger partial charge < -0.3 is 15.8 Å². The van der Waals surface area contributed by atoms with Crippen molar-refractivity contribution in [2.24, 2.45) is 5.73 Å². The van der Waals surface area contributed by atoms with Gasteiger partial charge in [0.15, 0.2) is 0 Å². The van der Waals surface area contributed by atoms with E-state index in [9.17, 15) is 4.79 Å². The topological polar surface area (TPSA) is 67.6 Å². The number of hydrogen-bond acceptors (Lipinski definition) is 4. The van der Waals surface area contributed by atoms with Gasteiger partial charge in [-0.2, -0.15) is 0 Å². The molecule has 1 heterocycles. The van der Waals surface area contributed by atoms with Gasteiger partial charge in [-0.1, -0.05) is 18.2 Å². The third-order valence-corrected chi connectivity index (χ3v) is 2.91. The smallest absolute Gasteiger partial charge is 0.238 e. The molecule has 2 rings (SSSR count). The van der Waals surface area contributed by atoms with Crippen molar-refractivity contribution in [3.63, 3.8) is 0 Å². The fraction of sp³-hybridized carbons (Fsp3) is 0.462. The molecule has 0 saturated carbocycles. The highest BCUT2D eigenvalue weighted by Gasteiger charge is 2.20. The number of halogens is 1. The molecule has 0 radical (unpaired) electrons. The van der Waals surface area contributed by atoms with Gasteiger partial charge in [0.05, 0.1) is 19.3 Å². The second-order valence-electron chi connectivity index (χ2n) is 4.38. The number of para-hydroxylation sites is 1. The molecule has 1 aliphatic rings. The van der Waals surface area contributed by atoms with Crippen molar-refractivity contribution in [1.82, 2.24) is 4.90 Å². The van der Waals surface area contributed by atoms with Crippen molar-refractivity contribution >= 4 is 24.0 Å². The van der Waals surface area contributed by atoms with Gasteiger partial charge in [-0.25, -0.2) is 0 Å².